The van der Waals surface area contributed by atoms with Gasteiger partial charge in [0.2, 0.25) is 0 Å². The summed E-state index contributed by atoms with van der Waals surface area (Å²) in [6.07, 6.45) is 5.35. The Morgan fingerprint density at radius 2 is 1.94 bits per heavy atom. The molecule has 0 fully saturated rings. The molecule has 88 valence electrons. The molecule has 0 aliphatic carbocycles. The Hall–Kier alpha value is -1.49. The molecule has 0 radical (unpaired) electrons. The summed E-state index contributed by atoms with van der Waals surface area (Å²) in [6, 6.07) is 2.02. The average Bonchev–Trinajstić information content (AvgIpc) is 2.30. The second-order valence-electron chi connectivity index (χ2n) is 3.85. The Balaban J connectivity index is 2.04. The molecular weight excluding hydrogens is 280 g/mol. The van der Waals surface area contributed by atoms with E-state index in [9.17, 15) is 0 Å². The first kappa shape index (κ1) is 12.0. The van der Waals surface area contributed by atoms with Crippen molar-refractivity contribution < 1.29 is 0 Å². The summed E-state index contributed by atoms with van der Waals surface area (Å²) < 4.78 is 0.956. The lowest BCUT2D eigenvalue weighted by Gasteiger charge is -2.07. The van der Waals surface area contributed by atoms with Crippen LogP contribution < -0.4 is 5.32 Å². The van der Waals surface area contributed by atoms with Crippen molar-refractivity contribution in [3.8, 4) is 0 Å². The molecule has 0 aliphatic heterocycles. The van der Waals surface area contributed by atoms with Gasteiger partial charge in [0.25, 0.3) is 0 Å². The Morgan fingerprint density at radius 3 is 2.59 bits per heavy atom. The van der Waals surface area contributed by atoms with Crippen LogP contribution in [0, 0.1) is 13.8 Å². The zero-order valence-electron chi connectivity index (χ0n) is 9.74. The largest absolute Gasteiger partial charge is 0.363 e. The molecule has 0 saturated heterocycles. The van der Waals surface area contributed by atoms with Gasteiger partial charge in [0.1, 0.15) is 5.82 Å². The van der Waals surface area contributed by atoms with Gasteiger partial charge in [-0.05, 0) is 41.4 Å². The summed E-state index contributed by atoms with van der Waals surface area (Å²) >= 11 is 3.47. The molecule has 4 nitrogen and oxygen atoms in total. The molecule has 2 heterocycles. The molecule has 0 aromatic carbocycles. The van der Waals surface area contributed by atoms with Gasteiger partial charge in [-0.1, -0.05) is 0 Å². The zero-order chi connectivity index (χ0) is 12.3. The number of aromatic nitrogens is 3. The minimum Gasteiger partial charge on any atom is -0.363 e. The summed E-state index contributed by atoms with van der Waals surface area (Å²) in [5.74, 6) is 0.818. The molecule has 2 aromatic heterocycles. The van der Waals surface area contributed by atoms with Crippen LogP contribution in [0.25, 0.3) is 0 Å². The normalized spacial score (nSPS) is 10.3. The maximum absolute atomic E-state index is 4.30. The van der Waals surface area contributed by atoms with Crippen LogP contribution in [0.3, 0.4) is 0 Å². The van der Waals surface area contributed by atoms with Gasteiger partial charge < -0.3 is 5.32 Å². The standard InChI is InChI=1S/C12H13BrN4/c1-8-3-11(13)12(16-4-8)17-7-10-6-14-9(2)5-15-10/h3-6H,7H2,1-2H3,(H,16,17). The number of nitrogens with one attached hydrogen (secondary N) is 1. The van der Waals surface area contributed by atoms with Crippen molar-refractivity contribution in [3.63, 3.8) is 0 Å². The molecule has 0 aliphatic rings. The zero-order valence-corrected chi connectivity index (χ0v) is 11.3. The van der Waals surface area contributed by atoms with E-state index in [0.717, 1.165) is 27.2 Å². The highest BCUT2D eigenvalue weighted by molar-refractivity contribution is 9.10. The van der Waals surface area contributed by atoms with Crippen molar-refractivity contribution in [2.75, 3.05) is 5.32 Å². The number of hydrogen-bond donors (Lipinski definition) is 1. The molecule has 0 bridgehead atoms. The highest BCUT2D eigenvalue weighted by Crippen LogP contribution is 2.20. The highest BCUT2D eigenvalue weighted by atomic mass is 79.9. The second-order valence-corrected chi connectivity index (χ2v) is 4.70. The fourth-order valence-electron chi connectivity index (χ4n) is 1.35. The number of nitrogens with zero attached hydrogens (tertiary/aromatic N) is 3. The van der Waals surface area contributed by atoms with E-state index in [0.29, 0.717) is 6.54 Å². The number of halogens is 1. The third kappa shape index (κ3) is 3.23. The van der Waals surface area contributed by atoms with Crippen molar-refractivity contribution in [1.29, 1.82) is 0 Å². The van der Waals surface area contributed by atoms with Crippen LogP contribution in [0.4, 0.5) is 5.82 Å². The van der Waals surface area contributed by atoms with Gasteiger partial charge >= 0.3 is 0 Å². The molecule has 0 saturated carbocycles. The number of aryl methyl sites for hydroxylation is 2. The summed E-state index contributed by atoms with van der Waals surface area (Å²) in [7, 11) is 0. The Bertz CT molecular complexity index is 510. The third-order valence-electron chi connectivity index (χ3n) is 2.25. The predicted molar refractivity (Wildman–Crippen MR) is 70.8 cm³/mol. The fourth-order valence-corrected chi connectivity index (χ4v) is 1.95. The topological polar surface area (TPSA) is 50.7 Å². The molecule has 5 heteroatoms. The Labute approximate surface area is 109 Å². The average molecular weight is 293 g/mol. The van der Waals surface area contributed by atoms with E-state index in [-0.39, 0.29) is 0 Å². The smallest absolute Gasteiger partial charge is 0.140 e. The lowest BCUT2D eigenvalue weighted by atomic mass is 10.3. The fraction of sp³-hybridized carbons (Fsp3) is 0.250. The summed E-state index contributed by atoms with van der Waals surface area (Å²) in [4.78, 5) is 12.8. The molecule has 0 atom stereocenters. The summed E-state index contributed by atoms with van der Waals surface area (Å²) in [5, 5.41) is 3.22. The van der Waals surface area contributed by atoms with Crippen LogP contribution in [-0.4, -0.2) is 15.0 Å². The predicted octanol–water partition coefficient (Wildman–Crippen LogP) is 2.86. The van der Waals surface area contributed by atoms with Gasteiger partial charge in [0.05, 0.1) is 28.6 Å². The molecule has 0 amide bonds. The van der Waals surface area contributed by atoms with Crippen molar-refractivity contribution in [2.45, 2.75) is 20.4 Å². The Kier molecular flexibility index (Phi) is 3.68. The highest BCUT2D eigenvalue weighted by Gasteiger charge is 2.02. The first-order valence-electron chi connectivity index (χ1n) is 5.28. The van der Waals surface area contributed by atoms with Crippen LogP contribution >= 0.6 is 15.9 Å². The van der Waals surface area contributed by atoms with Gasteiger partial charge in [-0.15, -0.1) is 0 Å². The quantitative estimate of drug-likeness (QED) is 0.945. The summed E-state index contributed by atoms with van der Waals surface area (Å²) in [5.41, 5.74) is 2.94. The molecule has 2 aromatic rings. The van der Waals surface area contributed by atoms with E-state index in [4.69, 9.17) is 0 Å². The van der Waals surface area contributed by atoms with E-state index < -0.39 is 0 Å². The lowest BCUT2D eigenvalue weighted by molar-refractivity contribution is 0.974. The molecule has 0 unspecified atom stereocenters. The van der Waals surface area contributed by atoms with Crippen LogP contribution in [-0.2, 0) is 6.54 Å². The minimum absolute atomic E-state index is 0.613. The van der Waals surface area contributed by atoms with Crippen LogP contribution in [0.5, 0.6) is 0 Å². The SMILES string of the molecule is Cc1cnc(NCc2cnc(C)cn2)c(Br)c1. The van der Waals surface area contributed by atoms with Gasteiger partial charge in [-0.3, -0.25) is 9.97 Å². The van der Waals surface area contributed by atoms with E-state index in [2.05, 4.69) is 36.2 Å². The maximum Gasteiger partial charge on any atom is 0.140 e. The van der Waals surface area contributed by atoms with Crippen molar-refractivity contribution >= 4 is 21.7 Å². The molecule has 0 spiro atoms. The van der Waals surface area contributed by atoms with Crippen LogP contribution in [0.1, 0.15) is 17.0 Å². The van der Waals surface area contributed by atoms with Gasteiger partial charge in [-0.2, -0.15) is 0 Å². The Morgan fingerprint density at radius 1 is 1.12 bits per heavy atom. The number of hydrogen-bond acceptors (Lipinski definition) is 4. The summed E-state index contributed by atoms with van der Waals surface area (Å²) in [6.45, 7) is 4.54. The maximum atomic E-state index is 4.30. The van der Waals surface area contributed by atoms with Crippen molar-refractivity contribution in [2.24, 2.45) is 0 Å². The monoisotopic (exact) mass is 292 g/mol. The first-order valence-corrected chi connectivity index (χ1v) is 6.08. The van der Waals surface area contributed by atoms with Crippen molar-refractivity contribution in [1.82, 2.24) is 15.0 Å². The second kappa shape index (κ2) is 5.23. The lowest BCUT2D eigenvalue weighted by Crippen LogP contribution is -2.04. The number of rotatable bonds is 3. The molecule has 17 heavy (non-hydrogen) atoms. The van der Waals surface area contributed by atoms with Crippen LogP contribution in [0.15, 0.2) is 29.1 Å². The minimum atomic E-state index is 0.613. The molecular formula is C12H13BrN4. The van der Waals surface area contributed by atoms with E-state index >= 15 is 0 Å². The van der Waals surface area contributed by atoms with E-state index in [1.807, 2.05) is 26.1 Å². The third-order valence-corrected chi connectivity index (χ3v) is 2.85. The number of anilines is 1. The molecule has 2 rings (SSSR count). The van der Waals surface area contributed by atoms with E-state index in [1.165, 1.54) is 0 Å². The first-order chi connectivity index (χ1) is 8.15. The van der Waals surface area contributed by atoms with Gasteiger partial charge in [0, 0.05) is 12.4 Å². The van der Waals surface area contributed by atoms with Gasteiger partial charge in [0.15, 0.2) is 0 Å². The van der Waals surface area contributed by atoms with Gasteiger partial charge in [-0.25, -0.2) is 4.98 Å². The molecule has 1 N–H and O–H groups in total. The van der Waals surface area contributed by atoms with E-state index in [1.54, 1.807) is 12.4 Å². The van der Waals surface area contributed by atoms with Crippen LogP contribution in [0.2, 0.25) is 0 Å². The van der Waals surface area contributed by atoms with Crippen molar-refractivity contribution in [3.05, 3.63) is 46.1 Å². The number of pyridine rings is 1.